The van der Waals surface area contributed by atoms with Crippen LogP contribution in [0.15, 0.2) is 48.5 Å². The zero-order valence-corrected chi connectivity index (χ0v) is 15.9. The number of carboxylic acids is 1. The first-order valence-corrected chi connectivity index (χ1v) is 9.67. The van der Waals surface area contributed by atoms with Gasteiger partial charge in [-0.05, 0) is 48.1 Å². The normalized spacial score (nSPS) is 11.9. The monoisotopic (exact) mass is 354 g/mol. The van der Waals surface area contributed by atoms with Gasteiger partial charge in [-0.25, -0.2) is 4.79 Å². The van der Waals surface area contributed by atoms with E-state index in [1.165, 1.54) is 25.7 Å². The lowest BCUT2D eigenvalue weighted by atomic mass is 9.98. The van der Waals surface area contributed by atoms with Crippen LogP contribution >= 0.6 is 0 Å². The standard InChI is InChI=1S/C23H30O3/c1-3-4-10-18(2)11-8-9-16-26-20-14-15-21(22(17-20)23(24)25)19-12-6-5-7-13-19/h5-7,12-15,17-18H,3-4,8-11,16H2,1-2H3,(H,24,25)/t18-/m0/s1. The number of aromatic carboxylic acids is 1. The second-order valence-electron chi connectivity index (χ2n) is 6.97. The smallest absolute Gasteiger partial charge is 0.336 e. The lowest BCUT2D eigenvalue weighted by Crippen LogP contribution is -2.03. The minimum absolute atomic E-state index is 0.280. The van der Waals surface area contributed by atoms with Gasteiger partial charge in [0.2, 0.25) is 0 Å². The van der Waals surface area contributed by atoms with Crippen LogP contribution in [-0.2, 0) is 0 Å². The quantitative estimate of drug-likeness (QED) is 0.473. The highest BCUT2D eigenvalue weighted by atomic mass is 16.5. The van der Waals surface area contributed by atoms with E-state index in [2.05, 4.69) is 13.8 Å². The van der Waals surface area contributed by atoms with E-state index in [1.54, 1.807) is 6.07 Å². The van der Waals surface area contributed by atoms with Crippen molar-refractivity contribution in [2.75, 3.05) is 6.61 Å². The van der Waals surface area contributed by atoms with Gasteiger partial charge in [-0.3, -0.25) is 0 Å². The second-order valence-corrected chi connectivity index (χ2v) is 6.97. The van der Waals surface area contributed by atoms with Crippen molar-refractivity contribution in [1.29, 1.82) is 0 Å². The summed E-state index contributed by atoms with van der Waals surface area (Å²) in [5.41, 5.74) is 1.90. The first-order chi connectivity index (χ1) is 12.6. The fourth-order valence-corrected chi connectivity index (χ4v) is 3.14. The molecule has 0 aliphatic rings. The van der Waals surface area contributed by atoms with E-state index < -0.39 is 5.97 Å². The Morgan fingerprint density at radius 1 is 1.04 bits per heavy atom. The van der Waals surface area contributed by atoms with Crippen LogP contribution in [0.2, 0.25) is 0 Å². The molecule has 0 amide bonds. The fourth-order valence-electron chi connectivity index (χ4n) is 3.14. The lowest BCUT2D eigenvalue weighted by Gasteiger charge is -2.12. The maximum absolute atomic E-state index is 11.6. The molecule has 0 aliphatic carbocycles. The molecular formula is C23H30O3. The maximum Gasteiger partial charge on any atom is 0.336 e. The Morgan fingerprint density at radius 3 is 2.46 bits per heavy atom. The molecule has 140 valence electrons. The third-order valence-electron chi connectivity index (χ3n) is 4.72. The summed E-state index contributed by atoms with van der Waals surface area (Å²) in [5.74, 6) is 0.471. The topological polar surface area (TPSA) is 46.5 Å². The number of ether oxygens (including phenoxy) is 1. The molecule has 2 rings (SSSR count). The van der Waals surface area contributed by atoms with Crippen molar-refractivity contribution in [2.24, 2.45) is 5.92 Å². The lowest BCUT2D eigenvalue weighted by molar-refractivity contribution is 0.0697. The van der Waals surface area contributed by atoms with Gasteiger partial charge in [-0.2, -0.15) is 0 Å². The van der Waals surface area contributed by atoms with Gasteiger partial charge in [0.15, 0.2) is 0 Å². The third kappa shape index (κ3) is 6.21. The molecule has 0 radical (unpaired) electrons. The summed E-state index contributed by atoms with van der Waals surface area (Å²) in [4.78, 5) is 11.6. The molecule has 0 saturated carbocycles. The van der Waals surface area contributed by atoms with E-state index in [9.17, 15) is 9.90 Å². The third-order valence-corrected chi connectivity index (χ3v) is 4.72. The Kier molecular flexibility index (Phi) is 8.20. The van der Waals surface area contributed by atoms with Crippen LogP contribution in [0.4, 0.5) is 0 Å². The molecule has 0 fully saturated rings. The molecule has 3 nitrogen and oxygen atoms in total. The molecule has 1 atom stereocenters. The Hall–Kier alpha value is -2.29. The molecule has 26 heavy (non-hydrogen) atoms. The van der Waals surface area contributed by atoms with Gasteiger partial charge >= 0.3 is 5.97 Å². The summed E-state index contributed by atoms with van der Waals surface area (Å²) >= 11 is 0. The zero-order valence-electron chi connectivity index (χ0n) is 15.9. The summed E-state index contributed by atoms with van der Waals surface area (Å²) in [7, 11) is 0. The highest BCUT2D eigenvalue weighted by Crippen LogP contribution is 2.27. The van der Waals surface area contributed by atoms with Gasteiger partial charge in [0.05, 0.1) is 12.2 Å². The van der Waals surface area contributed by atoms with Gasteiger partial charge in [0, 0.05) is 0 Å². The molecule has 0 bridgehead atoms. The highest BCUT2D eigenvalue weighted by Gasteiger charge is 2.13. The van der Waals surface area contributed by atoms with E-state index in [1.807, 2.05) is 42.5 Å². The van der Waals surface area contributed by atoms with E-state index in [4.69, 9.17) is 4.74 Å². The first-order valence-electron chi connectivity index (χ1n) is 9.67. The number of carboxylic acid groups (broad SMARTS) is 1. The number of unbranched alkanes of at least 4 members (excludes halogenated alkanes) is 2. The first kappa shape index (κ1) is 20.0. The molecule has 0 saturated heterocycles. The molecule has 2 aromatic rings. The summed E-state index contributed by atoms with van der Waals surface area (Å²) < 4.78 is 5.79. The van der Waals surface area contributed by atoms with Crippen LogP contribution in [0.3, 0.4) is 0 Å². The van der Waals surface area contributed by atoms with Gasteiger partial charge in [-0.1, -0.05) is 69.9 Å². The average Bonchev–Trinajstić information content (AvgIpc) is 2.66. The van der Waals surface area contributed by atoms with Crippen LogP contribution < -0.4 is 4.74 Å². The molecule has 2 aromatic carbocycles. The van der Waals surface area contributed by atoms with Crippen molar-refractivity contribution < 1.29 is 14.6 Å². The van der Waals surface area contributed by atoms with Gasteiger partial charge < -0.3 is 9.84 Å². The predicted molar refractivity (Wildman–Crippen MR) is 107 cm³/mol. The van der Waals surface area contributed by atoms with Crippen molar-refractivity contribution in [3.63, 3.8) is 0 Å². The molecule has 3 heteroatoms. The van der Waals surface area contributed by atoms with Crippen molar-refractivity contribution in [2.45, 2.75) is 52.4 Å². The van der Waals surface area contributed by atoms with Gasteiger partial charge in [0.1, 0.15) is 5.75 Å². The van der Waals surface area contributed by atoms with Crippen molar-refractivity contribution in [1.82, 2.24) is 0 Å². The van der Waals surface area contributed by atoms with Crippen molar-refractivity contribution >= 4 is 5.97 Å². The summed E-state index contributed by atoms with van der Waals surface area (Å²) in [6.45, 7) is 5.18. The molecule has 0 spiro atoms. The Labute approximate surface area is 157 Å². The largest absolute Gasteiger partial charge is 0.494 e. The maximum atomic E-state index is 11.6. The molecular weight excluding hydrogens is 324 g/mol. The zero-order chi connectivity index (χ0) is 18.8. The van der Waals surface area contributed by atoms with Gasteiger partial charge in [-0.15, -0.1) is 0 Å². The molecule has 0 aliphatic heterocycles. The van der Waals surface area contributed by atoms with Gasteiger partial charge in [0.25, 0.3) is 0 Å². The van der Waals surface area contributed by atoms with Crippen LogP contribution in [0, 0.1) is 5.92 Å². The Bertz CT molecular complexity index is 679. The van der Waals surface area contributed by atoms with Crippen LogP contribution in [0.1, 0.15) is 62.7 Å². The van der Waals surface area contributed by atoms with E-state index in [-0.39, 0.29) is 5.56 Å². The minimum atomic E-state index is -0.931. The summed E-state index contributed by atoms with van der Waals surface area (Å²) in [6.07, 6.45) is 7.26. The predicted octanol–water partition coefficient (Wildman–Crippen LogP) is 6.43. The van der Waals surface area contributed by atoms with Crippen molar-refractivity contribution in [3.8, 4) is 16.9 Å². The van der Waals surface area contributed by atoms with Crippen LogP contribution in [0.25, 0.3) is 11.1 Å². The van der Waals surface area contributed by atoms with Crippen LogP contribution in [0.5, 0.6) is 5.75 Å². The second kappa shape index (κ2) is 10.6. The average molecular weight is 354 g/mol. The van der Waals surface area contributed by atoms with E-state index >= 15 is 0 Å². The number of benzene rings is 2. The van der Waals surface area contributed by atoms with Crippen LogP contribution in [-0.4, -0.2) is 17.7 Å². The summed E-state index contributed by atoms with van der Waals surface area (Å²) in [6, 6.07) is 14.9. The molecule has 1 N–H and O–H groups in total. The Balaban J connectivity index is 1.89. The molecule has 0 heterocycles. The number of carbonyl (C=O) groups is 1. The van der Waals surface area contributed by atoms with Crippen molar-refractivity contribution in [3.05, 3.63) is 54.1 Å². The molecule has 0 aromatic heterocycles. The Morgan fingerprint density at radius 2 is 1.77 bits per heavy atom. The number of rotatable bonds is 11. The molecule has 0 unspecified atom stereocenters. The van der Waals surface area contributed by atoms with E-state index in [0.717, 1.165) is 29.9 Å². The highest BCUT2D eigenvalue weighted by molar-refractivity contribution is 5.96. The number of hydrogen-bond acceptors (Lipinski definition) is 2. The fraction of sp³-hybridized carbons (Fsp3) is 0.435. The summed E-state index contributed by atoms with van der Waals surface area (Å²) in [5, 5.41) is 9.54. The van der Waals surface area contributed by atoms with E-state index in [0.29, 0.717) is 12.4 Å². The minimum Gasteiger partial charge on any atom is -0.494 e. The SMILES string of the molecule is CCCC[C@H](C)CCCCOc1ccc(-c2ccccc2)c(C(=O)O)c1. The number of hydrogen-bond donors (Lipinski definition) is 1.